The Kier molecular flexibility index (Phi) is 9.72. The predicted octanol–water partition coefficient (Wildman–Crippen LogP) is 3.59. The number of aliphatic imine (C=N–C) groups is 1. The Morgan fingerprint density at radius 1 is 1.28 bits per heavy atom. The Balaban J connectivity index is 0.00000300. The molecule has 2 heterocycles. The van der Waals surface area contributed by atoms with Crippen LogP contribution in [-0.4, -0.2) is 37.5 Å². The number of benzene rings is 1. The number of nitrogens with one attached hydrogen (secondary N) is 2. The first-order valence-electron chi connectivity index (χ1n) is 9.91. The lowest BCUT2D eigenvalue weighted by molar-refractivity contribution is 0.0676. The molecule has 1 saturated heterocycles. The van der Waals surface area contributed by atoms with E-state index in [4.69, 9.17) is 14.0 Å². The van der Waals surface area contributed by atoms with Gasteiger partial charge in [0.15, 0.2) is 11.7 Å². The van der Waals surface area contributed by atoms with Crippen molar-refractivity contribution in [1.29, 1.82) is 0 Å². The van der Waals surface area contributed by atoms with Gasteiger partial charge in [-0.05, 0) is 37.8 Å². The van der Waals surface area contributed by atoms with Crippen molar-refractivity contribution in [3.63, 3.8) is 0 Å². The van der Waals surface area contributed by atoms with Crippen molar-refractivity contribution in [3.8, 4) is 5.75 Å². The van der Waals surface area contributed by atoms with Crippen molar-refractivity contribution in [1.82, 2.24) is 15.8 Å². The van der Waals surface area contributed by atoms with E-state index in [2.05, 4.69) is 52.8 Å². The fourth-order valence-corrected chi connectivity index (χ4v) is 3.08. The second-order valence-electron chi connectivity index (χ2n) is 6.97. The van der Waals surface area contributed by atoms with Crippen molar-refractivity contribution < 1.29 is 14.0 Å². The summed E-state index contributed by atoms with van der Waals surface area (Å²) < 4.78 is 17.0. The zero-order valence-electron chi connectivity index (χ0n) is 17.4. The molecule has 29 heavy (non-hydrogen) atoms. The number of hydrogen-bond acceptors (Lipinski definition) is 5. The van der Waals surface area contributed by atoms with Gasteiger partial charge in [-0.25, -0.2) is 0 Å². The summed E-state index contributed by atoms with van der Waals surface area (Å²) in [4.78, 5) is 4.27. The van der Waals surface area contributed by atoms with E-state index >= 15 is 0 Å². The summed E-state index contributed by atoms with van der Waals surface area (Å²) in [6.45, 7) is 6.69. The maximum atomic E-state index is 6.06. The zero-order chi connectivity index (χ0) is 19.8. The van der Waals surface area contributed by atoms with E-state index in [1.807, 2.05) is 6.07 Å². The highest BCUT2D eigenvalue weighted by atomic mass is 127. The number of rotatable bonds is 8. The molecule has 8 heteroatoms. The summed E-state index contributed by atoms with van der Waals surface area (Å²) in [6, 6.07) is 8.21. The Labute approximate surface area is 189 Å². The summed E-state index contributed by atoms with van der Waals surface area (Å²) in [6.07, 6.45) is 3.24. The van der Waals surface area contributed by atoms with Gasteiger partial charge in [0.2, 0.25) is 0 Å². The fourth-order valence-electron chi connectivity index (χ4n) is 3.08. The number of guanidine groups is 1. The molecule has 2 aromatic rings. The average Bonchev–Trinajstić information content (AvgIpc) is 3.39. The Morgan fingerprint density at radius 3 is 2.79 bits per heavy atom. The second kappa shape index (κ2) is 12.0. The van der Waals surface area contributed by atoms with E-state index < -0.39 is 0 Å². The molecule has 0 bridgehead atoms. The van der Waals surface area contributed by atoms with Crippen molar-refractivity contribution >= 4 is 29.9 Å². The molecule has 0 radical (unpaired) electrons. The number of nitrogens with zero attached hydrogens (tertiary/aromatic N) is 2. The summed E-state index contributed by atoms with van der Waals surface area (Å²) in [5.41, 5.74) is 3.21. The molecular formula is C21H31IN4O3. The Hall–Kier alpha value is -1.81. The van der Waals surface area contributed by atoms with Crippen LogP contribution in [0.15, 0.2) is 33.8 Å². The van der Waals surface area contributed by atoms with Crippen LogP contribution in [0.3, 0.4) is 0 Å². The normalized spacial score (nSPS) is 16.4. The molecule has 1 aliphatic rings. The molecule has 7 nitrogen and oxygen atoms in total. The molecule has 1 aromatic carbocycles. The van der Waals surface area contributed by atoms with E-state index in [1.54, 1.807) is 7.05 Å². The maximum absolute atomic E-state index is 6.06. The Morgan fingerprint density at radius 2 is 2.10 bits per heavy atom. The van der Waals surface area contributed by atoms with E-state index in [-0.39, 0.29) is 30.1 Å². The molecule has 0 saturated carbocycles. The third-order valence-electron chi connectivity index (χ3n) is 4.74. The highest BCUT2D eigenvalue weighted by molar-refractivity contribution is 14.0. The lowest BCUT2D eigenvalue weighted by Crippen LogP contribution is -2.36. The third kappa shape index (κ3) is 7.18. The second-order valence-corrected chi connectivity index (χ2v) is 6.97. The lowest BCUT2D eigenvalue weighted by Gasteiger charge is -2.17. The van der Waals surface area contributed by atoms with Gasteiger partial charge in [-0.3, -0.25) is 4.99 Å². The van der Waals surface area contributed by atoms with Crippen LogP contribution in [0.2, 0.25) is 0 Å². The molecule has 3 rings (SSSR count). The van der Waals surface area contributed by atoms with Gasteiger partial charge < -0.3 is 24.6 Å². The lowest BCUT2D eigenvalue weighted by atomic mass is 10.1. The third-order valence-corrected chi connectivity index (χ3v) is 4.74. The van der Waals surface area contributed by atoms with Crippen LogP contribution in [0.25, 0.3) is 0 Å². The van der Waals surface area contributed by atoms with Gasteiger partial charge in [0.1, 0.15) is 12.4 Å². The maximum Gasteiger partial charge on any atom is 0.191 e. The van der Waals surface area contributed by atoms with Gasteiger partial charge in [-0.15, -0.1) is 24.0 Å². The summed E-state index contributed by atoms with van der Waals surface area (Å²) in [5.74, 6) is 2.37. The number of halogens is 1. The van der Waals surface area contributed by atoms with Crippen LogP contribution in [0.5, 0.6) is 5.75 Å². The summed E-state index contributed by atoms with van der Waals surface area (Å²) in [7, 11) is 1.75. The van der Waals surface area contributed by atoms with Gasteiger partial charge in [0.25, 0.3) is 0 Å². The highest BCUT2D eigenvalue weighted by Crippen LogP contribution is 2.22. The van der Waals surface area contributed by atoms with E-state index in [0.29, 0.717) is 25.7 Å². The molecule has 1 fully saturated rings. The van der Waals surface area contributed by atoms with Crippen molar-refractivity contribution in [2.45, 2.75) is 52.3 Å². The largest absolute Gasteiger partial charge is 0.491 e. The first-order chi connectivity index (χ1) is 13.7. The SMILES string of the molecule is CCc1cc(CNC(=NC)NCc2ccc(C)cc2OCC2CCCO2)on1.I. The van der Waals surface area contributed by atoms with Crippen LogP contribution in [0, 0.1) is 6.92 Å². The molecule has 2 N–H and O–H groups in total. The summed E-state index contributed by atoms with van der Waals surface area (Å²) in [5, 5.41) is 10.6. The van der Waals surface area contributed by atoms with E-state index in [0.717, 1.165) is 48.6 Å². The van der Waals surface area contributed by atoms with Crippen molar-refractivity contribution in [3.05, 3.63) is 46.8 Å². The molecule has 1 unspecified atom stereocenters. The van der Waals surface area contributed by atoms with Crippen LogP contribution in [0.1, 0.15) is 42.3 Å². The first-order valence-corrected chi connectivity index (χ1v) is 9.91. The number of hydrogen-bond donors (Lipinski definition) is 2. The van der Waals surface area contributed by atoms with Gasteiger partial charge >= 0.3 is 0 Å². The first kappa shape index (κ1) is 23.5. The molecule has 1 atom stereocenters. The van der Waals surface area contributed by atoms with Crippen LogP contribution >= 0.6 is 24.0 Å². The predicted molar refractivity (Wildman–Crippen MR) is 124 cm³/mol. The smallest absolute Gasteiger partial charge is 0.191 e. The van der Waals surface area contributed by atoms with E-state index in [9.17, 15) is 0 Å². The number of aryl methyl sites for hydroxylation is 2. The number of aromatic nitrogens is 1. The Bertz CT molecular complexity index is 788. The molecule has 1 aliphatic heterocycles. The van der Waals surface area contributed by atoms with Crippen LogP contribution in [-0.2, 0) is 24.2 Å². The molecule has 0 aliphatic carbocycles. The summed E-state index contributed by atoms with van der Waals surface area (Å²) >= 11 is 0. The highest BCUT2D eigenvalue weighted by Gasteiger charge is 2.17. The minimum absolute atomic E-state index is 0. The van der Waals surface area contributed by atoms with Crippen LogP contribution < -0.4 is 15.4 Å². The number of ether oxygens (including phenoxy) is 2. The fraction of sp³-hybridized carbons (Fsp3) is 0.524. The van der Waals surface area contributed by atoms with Crippen LogP contribution in [0.4, 0.5) is 0 Å². The standard InChI is InChI=1S/C21H30N4O3.HI/c1-4-17-11-19(28-25-17)13-24-21(22-3)23-12-16-8-7-15(2)10-20(16)27-14-18-6-5-9-26-18;/h7-8,10-11,18H,4-6,9,12-14H2,1-3H3,(H2,22,23,24);1H. The van der Waals surface area contributed by atoms with Gasteiger partial charge in [0.05, 0.1) is 18.3 Å². The monoisotopic (exact) mass is 514 g/mol. The molecule has 0 spiro atoms. The van der Waals surface area contributed by atoms with Gasteiger partial charge in [0, 0.05) is 31.8 Å². The average molecular weight is 514 g/mol. The van der Waals surface area contributed by atoms with E-state index in [1.165, 1.54) is 5.56 Å². The topological polar surface area (TPSA) is 80.9 Å². The van der Waals surface area contributed by atoms with Crippen molar-refractivity contribution in [2.24, 2.45) is 4.99 Å². The molecular weight excluding hydrogens is 483 g/mol. The van der Waals surface area contributed by atoms with Crippen molar-refractivity contribution in [2.75, 3.05) is 20.3 Å². The molecule has 0 amide bonds. The van der Waals surface area contributed by atoms with Gasteiger partial charge in [-0.2, -0.15) is 0 Å². The molecule has 160 valence electrons. The minimum Gasteiger partial charge on any atom is -0.491 e. The quantitative estimate of drug-likeness (QED) is 0.319. The zero-order valence-corrected chi connectivity index (χ0v) is 19.7. The van der Waals surface area contributed by atoms with Gasteiger partial charge in [-0.1, -0.05) is 24.2 Å². The minimum atomic E-state index is 0. The molecule has 1 aromatic heterocycles.